The van der Waals surface area contributed by atoms with Crippen LogP contribution in [0.5, 0.6) is 0 Å². The van der Waals surface area contributed by atoms with Crippen LogP contribution in [-0.2, 0) is 11.0 Å². The number of carbonyl (C=O) groups is 3. The first-order valence-corrected chi connectivity index (χ1v) is 14.7. The molecule has 10 nitrogen and oxygen atoms in total. The van der Waals surface area contributed by atoms with Gasteiger partial charge in [-0.2, -0.15) is 29.0 Å². The average molecular weight is 607 g/mol. The fraction of sp³-hybridized carbons (Fsp3) is 0.357. The third-order valence-corrected chi connectivity index (χ3v) is 8.16. The summed E-state index contributed by atoms with van der Waals surface area (Å²) < 4.78 is 62.3. The lowest BCUT2D eigenvalue weighted by molar-refractivity contribution is -0.137. The van der Waals surface area contributed by atoms with Gasteiger partial charge in [-0.15, -0.1) is 0 Å². The number of nitrogens with one attached hydrogen (secondary N) is 1. The maximum atomic E-state index is 14.3. The van der Waals surface area contributed by atoms with E-state index >= 15 is 0 Å². The Labute approximate surface area is 241 Å². The first-order valence-electron chi connectivity index (χ1n) is 12.8. The van der Waals surface area contributed by atoms with E-state index in [2.05, 4.69) is 5.32 Å². The Morgan fingerprint density at radius 1 is 1.14 bits per heavy atom. The molecule has 0 aromatic heterocycles. The Morgan fingerprint density at radius 2 is 1.83 bits per heavy atom. The number of allylic oxidation sites excluding steroid dienone is 1. The number of aliphatic hydroxyl groups excluding tert-OH is 1. The summed E-state index contributed by atoms with van der Waals surface area (Å²) in [6, 6.07) is 5.93. The van der Waals surface area contributed by atoms with Gasteiger partial charge in [0.2, 0.25) is 0 Å². The van der Waals surface area contributed by atoms with Crippen LogP contribution >= 0.6 is 10.6 Å². The molecule has 0 unspecified atom stereocenters. The summed E-state index contributed by atoms with van der Waals surface area (Å²) in [4.78, 5) is 43.0. The quantitative estimate of drug-likeness (QED) is 0.336. The van der Waals surface area contributed by atoms with Gasteiger partial charge in [-0.3, -0.25) is 18.8 Å². The lowest BCUT2D eigenvalue weighted by atomic mass is 9.83. The molecule has 0 saturated heterocycles. The summed E-state index contributed by atoms with van der Waals surface area (Å²) in [6.07, 6.45) is -3.27. The van der Waals surface area contributed by atoms with E-state index in [0.29, 0.717) is 4.90 Å². The monoisotopic (exact) mass is 606 g/mol. The van der Waals surface area contributed by atoms with Crippen LogP contribution in [0.4, 0.5) is 28.4 Å². The van der Waals surface area contributed by atoms with Crippen molar-refractivity contribution in [3.8, 4) is 6.07 Å². The highest BCUT2D eigenvalue weighted by Crippen LogP contribution is 2.52. The van der Waals surface area contributed by atoms with Crippen LogP contribution in [0.1, 0.15) is 55.8 Å². The number of nitrogens with zero attached hydrogens (tertiary/aromatic N) is 3. The molecule has 4 N–H and O–H groups in total. The second-order valence-electron chi connectivity index (χ2n) is 10.7. The third-order valence-electron chi connectivity index (χ3n) is 6.97. The van der Waals surface area contributed by atoms with Crippen molar-refractivity contribution in [3.05, 3.63) is 70.4 Å². The maximum absolute atomic E-state index is 14.3. The molecule has 224 valence electrons. The van der Waals surface area contributed by atoms with Gasteiger partial charge in [0.05, 0.1) is 39.9 Å². The van der Waals surface area contributed by atoms with Crippen LogP contribution < -0.4 is 10.2 Å². The van der Waals surface area contributed by atoms with Gasteiger partial charge in [0.25, 0.3) is 0 Å². The molecule has 2 aromatic rings. The first kappa shape index (κ1) is 31.0. The number of alkyl halides is 3. The van der Waals surface area contributed by atoms with Gasteiger partial charge in [0, 0.05) is 29.5 Å². The van der Waals surface area contributed by atoms with Crippen molar-refractivity contribution in [2.24, 2.45) is 0 Å². The van der Waals surface area contributed by atoms with E-state index in [4.69, 9.17) is 0 Å². The molecule has 1 atom stereocenters. The van der Waals surface area contributed by atoms with Gasteiger partial charge < -0.3 is 10.4 Å². The van der Waals surface area contributed by atoms with Gasteiger partial charge in [0.15, 0.2) is 5.78 Å². The summed E-state index contributed by atoms with van der Waals surface area (Å²) in [5.41, 5.74) is -2.52. The number of amides is 4. The molecule has 0 spiro atoms. The van der Waals surface area contributed by atoms with Crippen LogP contribution in [-0.4, -0.2) is 55.4 Å². The summed E-state index contributed by atoms with van der Waals surface area (Å²) in [6.45, 7) is 2.38. The minimum absolute atomic E-state index is 0.00549. The number of hydrogen-bond donors (Lipinski definition) is 4. The molecule has 1 aliphatic heterocycles. The lowest BCUT2D eigenvalue weighted by Gasteiger charge is -2.46. The van der Waals surface area contributed by atoms with Gasteiger partial charge in [-0.05, 0) is 57.0 Å². The zero-order valence-corrected chi connectivity index (χ0v) is 23.7. The Morgan fingerprint density at radius 3 is 2.43 bits per heavy atom. The molecule has 2 aromatic carbocycles. The Balaban J connectivity index is 2.06. The molecule has 2 aliphatic rings. The highest BCUT2D eigenvalue weighted by Gasteiger charge is 2.49. The molecule has 0 saturated carbocycles. The summed E-state index contributed by atoms with van der Waals surface area (Å²) in [5, 5.41) is 21.7. The predicted molar refractivity (Wildman–Crippen MR) is 148 cm³/mol. The van der Waals surface area contributed by atoms with Crippen molar-refractivity contribution in [1.82, 2.24) is 10.2 Å². The number of ketones is 1. The molecule has 1 heterocycles. The molecule has 0 radical (unpaired) electrons. The topological polar surface area (TPSA) is 154 Å². The third kappa shape index (κ3) is 5.86. The highest BCUT2D eigenvalue weighted by atomic mass is 32.3. The van der Waals surface area contributed by atoms with Crippen LogP contribution in [0.3, 0.4) is 0 Å². The molecule has 0 fully saturated rings. The number of anilines is 1. The van der Waals surface area contributed by atoms with Crippen molar-refractivity contribution < 1.29 is 41.8 Å². The van der Waals surface area contributed by atoms with Gasteiger partial charge in [0.1, 0.15) is 6.04 Å². The zero-order chi connectivity index (χ0) is 31.2. The number of urea groups is 2. The average Bonchev–Trinajstić information content (AvgIpc) is 2.91. The van der Waals surface area contributed by atoms with Crippen LogP contribution in [0.2, 0.25) is 0 Å². The van der Waals surface area contributed by atoms with Crippen LogP contribution in [0.25, 0.3) is 0 Å². The smallest absolute Gasteiger partial charge is 0.394 e. The van der Waals surface area contributed by atoms with Crippen molar-refractivity contribution in [3.63, 3.8) is 0 Å². The fourth-order valence-corrected chi connectivity index (χ4v) is 5.97. The number of halogens is 3. The Kier molecular flexibility index (Phi) is 8.18. The summed E-state index contributed by atoms with van der Waals surface area (Å²) in [7, 11) is -3.60. The number of Topliss-reactive ketones (excluding diaryl/α,β-unsaturated/α-hetero) is 1. The Bertz CT molecular complexity index is 1530. The SMILES string of the molecule is CC(C)(CO)NC(=O)N1C(=O)N(c2cccc(C(F)(F)F)c2)C2=C(C(=O)CCC2)[C@H]1c1ccc(C#N)cc1S(C)(O)O. The van der Waals surface area contributed by atoms with E-state index in [-0.39, 0.29) is 52.2 Å². The molecular formula is C28H29F3N4O6S. The van der Waals surface area contributed by atoms with E-state index in [1.54, 1.807) is 0 Å². The van der Waals surface area contributed by atoms with Gasteiger partial charge >= 0.3 is 18.2 Å². The second-order valence-corrected chi connectivity index (χ2v) is 12.9. The van der Waals surface area contributed by atoms with E-state index in [1.165, 1.54) is 38.1 Å². The standard InChI is InChI=1S/C28H29F3N4O6S/c1-27(2,15-36)33-25(38)35-24(19-11-10-16(14-32)12-22(19)42(3,40)41)23-20(8-5-9-21(23)37)34(26(35)39)18-7-4-6-17(13-18)28(29,30)31/h4,6-7,10-13,24,36,40-41H,5,8-9,15H2,1-3H3,(H,33,38)/t24-/m1/s1. The Hall–Kier alpha value is -3.90. The van der Waals surface area contributed by atoms with E-state index < -0.39 is 58.4 Å². The van der Waals surface area contributed by atoms with Gasteiger partial charge in [-0.25, -0.2) is 14.5 Å². The number of benzene rings is 2. The normalized spacial score (nSPS) is 18.5. The predicted octanol–water partition coefficient (Wildman–Crippen LogP) is 5.79. The lowest BCUT2D eigenvalue weighted by Crippen LogP contribution is -2.60. The number of nitriles is 1. The highest BCUT2D eigenvalue weighted by molar-refractivity contribution is 8.23. The fourth-order valence-electron chi connectivity index (χ4n) is 4.99. The summed E-state index contributed by atoms with van der Waals surface area (Å²) >= 11 is 0. The molecule has 1 aliphatic carbocycles. The van der Waals surface area contributed by atoms with E-state index in [1.807, 2.05) is 6.07 Å². The number of rotatable bonds is 5. The summed E-state index contributed by atoms with van der Waals surface area (Å²) in [5.74, 6) is -0.493. The van der Waals surface area contributed by atoms with Crippen molar-refractivity contribution in [1.29, 1.82) is 5.26 Å². The number of hydrogen-bond acceptors (Lipinski definition) is 7. The van der Waals surface area contributed by atoms with Crippen molar-refractivity contribution >= 4 is 34.1 Å². The van der Waals surface area contributed by atoms with Crippen molar-refractivity contribution in [2.45, 2.75) is 55.8 Å². The molecule has 4 amide bonds. The second kappa shape index (κ2) is 11.1. The molecule has 14 heteroatoms. The maximum Gasteiger partial charge on any atom is 0.416 e. The van der Waals surface area contributed by atoms with E-state index in [9.17, 15) is 47.0 Å². The minimum atomic E-state index is -4.74. The molecular weight excluding hydrogens is 577 g/mol. The van der Waals surface area contributed by atoms with Crippen LogP contribution in [0.15, 0.2) is 58.6 Å². The minimum Gasteiger partial charge on any atom is -0.394 e. The molecule has 0 bridgehead atoms. The first-order chi connectivity index (χ1) is 19.5. The van der Waals surface area contributed by atoms with Crippen LogP contribution in [0, 0.1) is 11.3 Å². The molecule has 4 rings (SSSR count). The largest absolute Gasteiger partial charge is 0.416 e. The van der Waals surface area contributed by atoms with Crippen molar-refractivity contribution in [2.75, 3.05) is 17.8 Å². The van der Waals surface area contributed by atoms with Gasteiger partial charge in [-0.1, -0.05) is 12.1 Å². The zero-order valence-electron chi connectivity index (χ0n) is 22.9. The number of carbonyl (C=O) groups excluding carboxylic acids is 3. The number of imide groups is 1. The molecule has 42 heavy (non-hydrogen) atoms. The number of aliphatic hydroxyl groups is 1. The van der Waals surface area contributed by atoms with E-state index in [0.717, 1.165) is 29.4 Å².